The van der Waals surface area contributed by atoms with Gasteiger partial charge in [-0.2, -0.15) is 0 Å². The fraction of sp³-hybridized carbons (Fsp3) is 0.308. The van der Waals surface area contributed by atoms with Crippen molar-refractivity contribution in [1.29, 1.82) is 0 Å². The minimum absolute atomic E-state index is 0.0388. The summed E-state index contributed by atoms with van der Waals surface area (Å²) in [4.78, 5) is 30.4. The zero-order valence-corrected chi connectivity index (χ0v) is 19.4. The highest BCUT2D eigenvalue weighted by Crippen LogP contribution is 2.41. The Bertz CT molecular complexity index is 1220. The first kappa shape index (κ1) is 23.4. The van der Waals surface area contributed by atoms with Gasteiger partial charge in [0, 0.05) is 18.5 Å². The molecule has 1 aliphatic rings. The molecule has 0 saturated heterocycles. The average molecular weight is 465 g/mol. The van der Waals surface area contributed by atoms with Crippen LogP contribution in [0.4, 0.5) is 0 Å². The quantitative estimate of drug-likeness (QED) is 0.460. The van der Waals surface area contributed by atoms with Crippen LogP contribution >= 0.6 is 0 Å². The summed E-state index contributed by atoms with van der Waals surface area (Å²) in [6.07, 6.45) is 0. The van der Waals surface area contributed by atoms with Gasteiger partial charge in [-0.3, -0.25) is 9.59 Å². The normalized spacial score (nSPS) is 16.2. The molecule has 8 heteroatoms. The first-order valence-corrected chi connectivity index (χ1v) is 11.3. The number of carbonyl (C=O) groups is 2. The van der Waals surface area contributed by atoms with Crippen molar-refractivity contribution in [3.05, 3.63) is 71.2 Å². The number of hydrogen-bond acceptors (Lipinski definition) is 7. The summed E-state index contributed by atoms with van der Waals surface area (Å²) in [5.74, 6) is -1.61. The Morgan fingerprint density at radius 3 is 2.53 bits per heavy atom. The van der Waals surface area contributed by atoms with E-state index >= 15 is 0 Å². The van der Waals surface area contributed by atoms with E-state index in [2.05, 4.69) is 4.90 Å². The molecule has 1 aliphatic heterocycles. The predicted molar refractivity (Wildman–Crippen MR) is 127 cm³/mol. The zero-order chi connectivity index (χ0) is 24.4. The van der Waals surface area contributed by atoms with Crippen LogP contribution in [0.3, 0.4) is 0 Å². The van der Waals surface area contributed by atoms with Crippen LogP contribution < -0.4 is 4.74 Å². The van der Waals surface area contributed by atoms with E-state index in [9.17, 15) is 19.8 Å². The fourth-order valence-corrected chi connectivity index (χ4v) is 4.34. The smallest absolute Gasteiger partial charge is 0.290 e. The van der Waals surface area contributed by atoms with Gasteiger partial charge in [0.25, 0.3) is 5.91 Å². The first-order chi connectivity index (χ1) is 16.4. The second kappa shape index (κ2) is 9.61. The van der Waals surface area contributed by atoms with Crippen molar-refractivity contribution >= 4 is 22.7 Å². The predicted octanol–water partition coefficient (Wildman–Crippen LogP) is 4.07. The molecule has 2 heterocycles. The van der Waals surface area contributed by atoms with Gasteiger partial charge >= 0.3 is 0 Å². The minimum atomic E-state index is -0.863. The van der Waals surface area contributed by atoms with Crippen molar-refractivity contribution in [2.75, 3.05) is 33.3 Å². The van der Waals surface area contributed by atoms with E-state index in [-0.39, 0.29) is 22.8 Å². The third kappa shape index (κ3) is 4.12. The van der Waals surface area contributed by atoms with Crippen LogP contribution in [0.5, 0.6) is 11.5 Å². The Kier molecular flexibility index (Phi) is 6.61. The van der Waals surface area contributed by atoms with Gasteiger partial charge in [0.2, 0.25) is 5.78 Å². The van der Waals surface area contributed by atoms with Gasteiger partial charge in [0.15, 0.2) is 23.0 Å². The monoisotopic (exact) mass is 464 g/mol. The topological polar surface area (TPSA) is 103 Å². The van der Waals surface area contributed by atoms with Gasteiger partial charge in [0.05, 0.1) is 18.7 Å². The molecule has 0 aliphatic carbocycles. The van der Waals surface area contributed by atoms with Gasteiger partial charge in [-0.1, -0.05) is 38.1 Å². The van der Waals surface area contributed by atoms with E-state index < -0.39 is 23.5 Å². The second-order valence-corrected chi connectivity index (χ2v) is 8.10. The summed E-state index contributed by atoms with van der Waals surface area (Å²) in [7, 11) is 1.42. The highest BCUT2D eigenvalue weighted by Gasteiger charge is 2.44. The third-order valence-corrected chi connectivity index (χ3v) is 6.27. The third-order valence-electron chi connectivity index (χ3n) is 6.27. The molecule has 1 aromatic heterocycles. The number of para-hydroxylation sites is 1. The van der Waals surface area contributed by atoms with Crippen LogP contribution in [0.15, 0.2) is 64.3 Å². The summed E-state index contributed by atoms with van der Waals surface area (Å²) in [6.45, 7) is 6.55. The highest BCUT2D eigenvalue weighted by molar-refractivity contribution is 6.16. The zero-order valence-electron chi connectivity index (χ0n) is 19.4. The number of phenols is 1. The Morgan fingerprint density at radius 1 is 1.12 bits per heavy atom. The molecule has 8 nitrogen and oxygen atoms in total. The molecule has 0 radical (unpaired) electrons. The lowest BCUT2D eigenvalue weighted by Gasteiger charge is -2.29. The Morgan fingerprint density at radius 2 is 1.85 bits per heavy atom. The van der Waals surface area contributed by atoms with Gasteiger partial charge in [-0.05, 0) is 42.9 Å². The molecule has 1 unspecified atom stereocenters. The maximum Gasteiger partial charge on any atom is 0.290 e. The molecule has 0 saturated carbocycles. The molecule has 1 amide bonds. The number of hydrogen-bond donors (Lipinski definition) is 2. The largest absolute Gasteiger partial charge is 0.504 e. The molecule has 0 bridgehead atoms. The number of aliphatic hydroxyl groups excluding tert-OH is 1. The number of aromatic hydroxyl groups is 1. The first-order valence-electron chi connectivity index (χ1n) is 11.3. The number of benzene rings is 2. The SMILES string of the molecule is CCN(CC)CCN1C(=O)C(O)=C(C(=O)c2cc3ccccc3o2)C1c1ccc(O)c(OC)c1. The van der Waals surface area contributed by atoms with Crippen LogP contribution in [0.1, 0.15) is 36.0 Å². The molecule has 0 fully saturated rings. The molecule has 34 heavy (non-hydrogen) atoms. The molecule has 1 atom stereocenters. The number of methoxy groups -OCH3 is 1. The van der Waals surface area contributed by atoms with Crippen molar-refractivity contribution in [3.8, 4) is 11.5 Å². The summed E-state index contributed by atoms with van der Waals surface area (Å²) in [5, 5.41) is 21.7. The van der Waals surface area contributed by atoms with E-state index in [4.69, 9.17) is 9.15 Å². The second-order valence-electron chi connectivity index (χ2n) is 8.10. The average Bonchev–Trinajstić information content (AvgIpc) is 3.39. The minimum Gasteiger partial charge on any atom is -0.504 e. The number of ether oxygens (including phenoxy) is 1. The van der Waals surface area contributed by atoms with Crippen LogP contribution in [0.2, 0.25) is 0 Å². The van der Waals surface area contributed by atoms with E-state index in [0.29, 0.717) is 24.2 Å². The maximum absolute atomic E-state index is 13.6. The number of Topliss-reactive ketones (excluding diaryl/α,β-unsaturated/α-hetero) is 1. The molecule has 178 valence electrons. The Labute approximate surface area is 197 Å². The molecule has 3 aromatic rings. The van der Waals surface area contributed by atoms with Gasteiger partial charge in [0.1, 0.15) is 5.58 Å². The standard InChI is InChI=1S/C26H28N2O6/c1-4-27(5-2)12-13-28-23(17-10-11-18(29)20(15-17)33-3)22(25(31)26(28)32)24(30)21-14-16-8-6-7-9-19(16)34-21/h6-11,14-15,23,29,31H,4-5,12-13H2,1-3H3. The number of nitrogens with zero attached hydrogens (tertiary/aromatic N) is 2. The number of likely N-dealkylation sites (N-methyl/N-ethyl adjacent to an activating group) is 1. The summed E-state index contributed by atoms with van der Waals surface area (Å²) in [5.41, 5.74) is 1.01. The molecule has 2 N–H and O–H groups in total. The van der Waals surface area contributed by atoms with E-state index in [1.807, 2.05) is 26.0 Å². The lowest BCUT2D eigenvalue weighted by Crippen LogP contribution is -2.38. The van der Waals surface area contributed by atoms with E-state index in [0.717, 1.165) is 18.5 Å². The number of rotatable bonds is 9. The van der Waals surface area contributed by atoms with Gasteiger partial charge < -0.3 is 29.2 Å². The van der Waals surface area contributed by atoms with Crippen LogP contribution in [-0.2, 0) is 4.79 Å². The number of aliphatic hydroxyl groups is 1. The summed E-state index contributed by atoms with van der Waals surface area (Å²) in [6, 6.07) is 12.6. The summed E-state index contributed by atoms with van der Waals surface area (Å²) < 4.78 is 11.0. The van der Waals surface area contributed by atoms with Crippen LogP contribution in [0.25, 0.3) is 11.0 Å². The Balaban J connectivity index is 1.78. The van der Waals surface area contributed by atoms with Gasteiger partial charge in [-0.25, -0.2) is 0 Å². The number of amides is 1. The Hall–Kier alpha value is -3.78. The van der Waals surface area contributed by atoms with Gasteiger partial charge in [-0.15, -0.1) is 0 Å². The van der Waals surface area contributed by atoms with Crippen LogP contribution in [-0.4, -0.2) is 65.0 Å². The van der Waals surface area contributed by atoms with Crippen molar-refractivity contribution in [1.82, 2.24) is 9.80 Å². The lowest BCUT2D eigenvalue weighted by atomic mass is 9.94. The molecular weight excluding hydrogens is 436 g/mol. The number of ketones is 1. The van der Waals surface area contributed by atoms with Crippen LogP contribution in [0, 0.1) is 0 Å². The number of fused-ring (bicyclic) bond motifs is 1. The maximum atomic E-state index is 13.6. The molecular formula is C26H28N2O6. The highest BCUT2D eigenvalue weighted by atomic mass is 16.5. The fourth-order valence-electron chi connectivity index (χ4n) is 4.34. The molecule has 4 rings (SSSR count). The van der Waals surface area contributed by atoms with Crippen molar-refractivity contribution in [2.24, 2.45) is 0 Å². The number of phenolic OH excluding ortho intramolecular Hbond substituents is 1. The molecule has 2 aromatic carbocycles. The van der Waals surface area contributed by atoms with Crippen molar-refractivity contribution < 1.29 is 29.0 Å². The number of carbonyl (C=O) groups excluding carboxylic acids is 2. The number of furan rings is 1. The van der Waals surface area contributed by atoms with Crippen molar-refractivity contribution in [2.45, 2.75) is 19.9 Å². The van der Waals surface area contributed by atoms with Crippen molar-refractivity contribution in [3.63, 3.8) is 0 Å². The lowest BCUT2D eigenvalue weighted by molar-refractivity contribution is -0.129. The van der Waals surface area contributed by atoms with E-state index in [1.165, 1.54) is 18.1 Å². The van der Waals surface area contributed by atoms with E-state index in [1.54, 1.807) is 30.3 Å². The summed E-state index contributed by atoms with van der Waals surface area (Å²) >= 11 is 0. The molecule has 0 spiro atoms.